The summed E-state index contributed by atoms with van der Waals surface area (Å²) >= 11 is 0. The Morgan fingerprint density at radius 1 is 0.958 bits per heavy atom. The summed E-state index contributed by atoms with van der Waals surface area (Å²) in [6.45, 7) is 6.17. The SMILES string of the molecule is Cc1cc2nc3c4ccccc4nc-3n(CCN(C)C)c2cc1C. The molecule has 0 unspecified atom stereocenters. The van der Waals surface area contributed by atoms with Crippen LogP contribution in [0.4, 0.5) is 0 Å². The van der Waals surface area contributed by atoms with Crippen molar-refractivity contribution >= 4 is 21.9 Å². The van der Waals surface area contributed by atoms with Gasteiger partial charge < -0.3 is 9.47 Å². The van der Waals surface area contributed by atoms with Crippen molar-refractivity contribution in [2.24, 2.45) is 0 Å². The highest BCUT2D eigenvalue weighted by Crippen LogP contribution is 2.32. The number of fused-ring (bicyclic) bond motifs is 4. The van der Waals surface area contributed by atoms with Crippen LogP contribution in [-0.2, 0) is 6.54 Å². The third-order valence-corrected chi connectivity index (χ3v) is 4.74. The lowest BCUT2D eigenvalue weighted by Crippen LogP contribution is -2.20. The lowest BCUT2D eigenvalue weighted by atomic mass is 10.1. The average molecular weight is 318 g/mol. The molecule has 2 heterocycles. The van der Waals surface area contributed by atoms with E-state index >= 15 is 0 Å². The highest BCUT2D eigenvalue weighted by atomic mass is 15.1. The predicted octanol–water partition coefficient (Wildman–Crippen LogP) is 3.87. The highest BCUT2D eigenvalue weighted by Gasteiger charge is 2.19. The van der Waals surface area contributed by atoms with Gasteiger partial charge in [0.15, 0.2) is 5.82 Å². The van der Waals surface area contributed by atoms with Gasteiger partial charge >= 0.3 is 0 Å². The maximum Gasteiger partial charge on any atom is 0.160 e. The number of likely N-dealkylation sites (N-methyl/N-ethyl adjacent to an activating group) is 1. The van der Waals surface area contributed by atoms with Crippen molar-refractivity contribution in [3.8, 4) is 11.5 Å². The molecule has 4 heteroatoms. The number of aryl methyl sites for hydroxylation is 2. The lowest BCUT2D eigenvalue weighted by Gasteiger charge is -2.18. The van der Waals surface area contributed by atoms with Crippen LogP contribution in [0.25, 0.3) is 33.5 Å². The van der Waals surface area contributed by atoms with Gasteiger partial charge in [0.1, 0.15) is 5.69 Å². The molecule has 0 amide bonds. The van der Waals surface area contributed by atoms with Crippen molar-refractivity contribution < 1.29 is 0 Å². The van der Waals surface area contributed by atoms with E-state index in [9.17, 15) is 0 Å². The first-order chi connectivity index (χ1) is 11.5. The zero-order valence-electron chi connectivity index (χ0n) is 14.7. The summed E-state index contributed by atoms with van der Waals surface area (Å²) in [5, 5.41) is 1.13. The Hall–Kier alpha value is -2.46. The fourth-order valence-electron chi connectivity index (χ4n) is 3.21. The van der Waals surface area contributed by atoms with Gasteiger partial charge in [-0.1, -0.05) is 18.2 Å². The van der Waals surface area contributed by atoms with Crippen molar-refractivity contribution in [2.75, 3.05) is 20.6 Å². The number of para-hydroxylation sites is 1. The molecule has 24 heavy (non-hydrogen) atoms. The monoisotopic (exact) mass is 318 g/mol. The molecular weight excluding hydrogens is 296 g/mol. The molecule has 2 aromatic rings. The fourth-order valence-corrected chi connectivity index (χ4v) is 3.21. The molecule has 2 aromatic carbocycles. The van der Waals surface area contributed by atoms with Crippen LogP contribution in [0.2, 0.25) is 0 Å². The molecule has 0 aromatic heterocycles. The van der Waals surface area contributed by atoms with Crippen LogP contribution in [0, 0.1) is 13.8 Å². The molecule has 122 valence electrons. The second-order valence-electron chi connectivity index (χ2n) is 6.79. The molecule has 4 rings (SSSR count). The maximum absolute atomic E-state index is 4.96. The summed E-state index contributed by atoms with van der Waals surface area (Å²) in [4.78, 5) is 12.0. The third-order valence-electron chi connectivity index (χ3n) is 4.74. The summed E-state index contributed by atoms with van der Waals surface area (Å²) in [5.41, 5.74) is 6.79. The maximum atomic E-state index is 4.96. The topological polar surface area (TPSA) is 34.0 Å². The number of nitrogens with zero attached hydrogens (tertiary/aromatic N) is 4. The van der Waals surface area contributed by atoms with E-state index in [1.54, 1.807) is 0 Å². The second-order valence-corrected chi connectivity index (χ2v) is 6.79. The van der Waals surface area contributed by atoms with Crippen LogP contribution < -0.4 is 0 Å². The van der Waals surface area contributed by atoms with Gasteiger partial charge in [-0.25, -0.2) is 9.97 Å². The van der Waals surface area contributed by atoms with Gasteiger partial charge in [-0.05, 0) is 57.3 Å². The fraction of sp³-hybridized carbons (Fsp3) is 0.300. The molecule has 0 fully saturated rings. The minimum atomic E-state index is 0.897. The van der Waals surface area contributed by atoms with Crippen molar-refractivity contribution in [3.63, 3.8) is 0 Å². The lowest BCUT2D eigenvalue weighted by molar-refractivity contribution is 0.386. The normalized spacial score (nSPS) is 12.0. The standard InChI is InChI=1S/C20H22N4/c1-13-11-17-18(12-14(13)2)24(10-9-23(3)4)20-19(21-17)15-7-5-6-8-16(15)22-20/h5-8,11-12H,9-10H2,1-4H3. The molecule has 0 saturated carbocycles. The zero-order chi connectivity index (χ0) is 16.8. The second kappa shape index (κ2) is 5.56. The van der Waals surface area contributed by atoms with Gasteiger partial charge in [0.2, 0.25) is 0 Å². The summed E-state index contributed by atoms with van der Waals surface area (Å²) in [5.74, 6) is 0.980. The Bertz CT molecular complexity index is 1010. The molecule has 0 spiro atoms. The number of hydrogen-bond donors (Lipinski definition) is 0. The Labute approximate surface area is 142 Å². The highest BCUT2D eigenvalue weighted by molar-refractivity contribution is 5.97. The molecule has 0 N–H and O–H groups in total. The van der Waals surface area contributed by atoms with Gasteiger partial charge in [0.05, 0.1) is 16.6 Å². The summed E-state index contributed by atoms with van der Waals surface area (Å²) in [7, 11) is 4.21. The largest absolute Gasteiger partial charge is 0.321 e. The molecule has 0 saturated heterocycles. The number of aromatic nitrogens is 3. The van der Waals surface area contributed by atoms with E-state index in [1.807, 2.05) is 6.07 Å². The predicted molar refractivity (Wildman–Crippen MR) is 99.7 cm³/mol. The first kappa shape index (κ1) is 15.1. The van der Waals surface area contributed by atoms with Gasteiger partial charge in [0, 0.05) is 18.5 Å². The van der Waals surface area contributed by atoms with E-state index in [0.717, 1.165) is 46.5 Å². The molecular formula is C20H22N4. The van der Waals surface area contributed by atoms with E-state index in [4.69, 9.17) is 9.97 Å². The molecule has 0 bridgehead atoms. The Kier molecular flexibility index (Phi) is 3.50. The van der Waals surface area contributed by atoms with E-state index in [2.05, 4.69) is 67.7 Å². The molecule has 0 atom stereocenters. The molecule has 0 radical (unpaired) electrons. The van der Waals surface area contributed by atoms with Crippen LogP contribution >= 0.6 is 0 Å². The van der Waals surface area contributed by atoms with E-state index in [1.165, 1.54) is 11.1 Å². The van der Waals surface area contributed by atoms with Gasteiger partial charge in [0.25, 0.3) is 0 Å². The summed E-state index contributed by atoms with van der Waals surface area (Å²) in [6.07, 6.45) is 0. The smallest absolute Gasteiger partial charge is 0.160 e. The number of rotatable bonds is 3. The van der Waals surface area contributed by atoms with Crippen LogP contribution in [-0.4, -0.2) is 40.1 Å². The molecule has 2 aliphatic heterocycles. The van der Waals surface area contributed by atoms with Gasteiger partial charge in [-0.3, -0.25) is 0 Å². The Balaban J connectivity index is 2.08. The molecule has 0 aliphatic carbocycles. The zero-order valence-corrected chi connectivity index (χ0v) is 14.7. The van der Waals surface area contributed by atoms with Crippen LogP contribution in [0.15, 0.2) is 36.4 Å². The first-order valence-electron chi connectivity index (χ1n) is 8.35. The molecule has 4 nitrogen and oxygen atoms in total. The first-order valence-corrected chi connectivity index (χ1v) is 8.35. The molecule has 2 aliphatic rings. The summed E-state index contributed by atoms with van der Waals surface area (Å²) < 4.78 is 2.32. The number of hydrogen-bond acceptors (Lipinski definition) is 3. The van der Waals surface area contributed by atoms with Crippen molar-refractivity contribution in [1.29, 1.82) is 0 Å². The van der Waals surface area contributed by atoms with Crippen molar-refractivity contribution in [3.05, 3.63) is 47.5 Å². The van der Waals surface area contributed by atoms with E-state index in [-0.39, 0.29) is 0 Å². The van der Waals surface area contributed by atoms with E-state index < -0.39 is 0 Å². The van der Waals surface area contributed by atoms with Gasteiger partial charge in [-0.2, -0.15) is 0 Å². The van der Waals surface area contributed by atoms with Crippen molar-refractivity contribution in [2.45, 2.75) is 20.4 Å². The van der Waals surface area contributed by atoms with Gasteiger partial charge in [-0.15, -0.1) is 0 Å². The summed E-state index contributed by atoms with van der Waals surface area (Å²) in [6, 6.07) is 12.7. The quantitative estimate of drug-likeness (QED) is 0.575. The van der Waals surface area contributed by atoms with Crippen LogP contribution in [0.1, 0.15) is 11.1 Å². The third kappa shape index (κ3) is 2.34. The number of benzene rings is 2. The van der Waals surface area contributed by atoms with Crippen molar-refractivity contribution in [1.82, 2.24) is 19.4 Å². The Morgan fingerprint density at radius 2 is 1.71 bits per heavy atom. The average Bonchev–Trinajstić information content (AvgIpc) is 2.91. The van der Waals surface area contributed by atoms with Crippen LogP contribution in [0.5, 0.6) is 0 Å². The minimum Gasteiger partial charge on any atom is -0.321 e. The Morgan fingerprint density at radius 3 is 2.50 bits per heavy atom. The van der Waals surface area contributed by atoms with E-state index in [0.29, 0.717) is 0 Å². The van der Waals surface area contributed by atoms with Crippen LogP contribution in [0.3, 0.4) is 0 Å². The minimum absolute atomic E-state index is 0.897.